The lowest BCUT2D eigenvalue weighted by molar-refractivity contribution is 0.206. The topological polar surface area (TPSA) is 67.6 Å². The zero-order chi connectivity index (χ0) is 16.4. The summed E-state index contributed by atoms with van der Waals surface area (Å²) in [6.07, 6.45) is 1.89. The van der Waals surface area contributed by atoms with E-state index < -0.39 is 0 Å². The van der Waals surface area contributed by atoms with Crippen molar-refractivity contribution in [3.8, 4) is 5.75 Å². The minimum Gasteiger partial charge on any atom is -0.495 e. The summed E-state index contributed by atoms with van der Waals surface area (Å²) in [4.78, 5) is 14.6. The third kappa shape index (κ3) is 2.88. The molecule has 6 nitrogen and oxygen atoms in total. The van der Waals surface area contributed by atoms with Crippen LogP contribution in [-0.4, -0.2) is 29.7 Å². The molecule has 2 amide bonds. The maximum atomic E-state index is 12.7. The average molecular weight is 315 g/mol. The molecule has 2 heterocycles. The Morgan fingerprint density at radius 1 is 1.39 bits per heavy atom. The van der Waals surface area contributed by atoms with Crippen LogP contribution < -0.4 is 10.1 Å². The minimum absolute atomic E-state index is 0.0101. The van der Waals surface area contributed by atoms with E-state index in [9.17, 15) is 4.79 Å². The molecule has 1 aromatic heterocycles. The Kier molecular flexibility index (Phi) is 4.23. The maximum Gasteiger partial charge on any atom is 0.322 e. The van der Waals surface area contributed by atoms with Crippen molar-refractivity contribution in [3.63, 3.8) is 0 Å². The number of nitrogens with one attached hydrogen (secondary N) is 1. The number of aromatic nitrogens is 1. The van der Waals surface area contributed by atoms with Gasteiger partial charge in [-0.25, -0.2) is 4.79 Å². The van der Waals surface area contributed by atoms with Crippen LogP contribution in [0, 0.1) is 13.8 Å². The number of hydrogen-bond acceptors (Lipinski definition) is 4. The molecular weight excluding hydrogens is 294 g/mol. The molecule has 1 saturated heterocycles. The smallest absolute Gasteiger partial charge is 0.322 e. The molecule has 0 radical (unpaired) electrons. The molecule has 1 N–H and O–H groups in total. The maximum absolute atomic E-state index is 12.7. The Hall–Kier alpha value is -2.50. The fourth-order valence-corrected chi connectivity index (χ4v) is 3.21. The zero-order valence-electron chi connectivity index (χ0n) is 13.6. The summed E-state index contributed by atoms with van der Waals surface area (Å²) < 4.78 is 10.6. The summed E-state index contributed by atoms with van der Waals surface area (Å²) in [6, 6.07) is 7.28. The van der Waals surface area contributed by atoms with Crippen molar-refractivity contribution in [3.05, 3.63) is 41.3 Å². The number of nitrogens with zero attached hydrogens (tertiary/aromatic N) is 2. The Morgan fingerprint density at radius 2 is 2.17 bits per heavy atom. The Labute approximate surface area is 135 Å². The number of carbonyl (C=O) groups is 1. The molecular formula is C17H21N3O3. The van der Waals surface area contributed by atoms with Crippen LogP contribution >= 0.6 is 0 Å². The standard InChI is InChI=1S/C17H21N3O3/c1-11-16(12(2)23-19-11)14-8-6-10-20(14)17(21)18-13-7-4-5-9-15(13)22-3/h4-5,7,9,14H,6,8,10H2,1-3H3,(H,18,21)/t14-/m0/s1. The second kappa shape index (κ2) is 6.32. The highest BCUT2D eigenvalue weighted by atomic mass is 16.5. The van der Waals surface area contributed by atoms with Crippen molar-refractivity contribution < 1.29 is 14.1 Å². The first-order chi connectivity index (χ1) is 11.1. The van der Waals surface area contributed by atoms with Gasteiger partial charge in [0.2, 0.25) is 0 Å². The summed E-state index contributed by atoms with van der Waals surface area (Å²) in [6.45, 7) is 4.53. The lowest BCUT2D eigenvalue weighted by atomic mass is 10.0. The molecule has 1 atom stereocenters. The van der Waals surface area contributed by atoms with Crippen molar-refractivity contribution in [1.82, 2.24) is 10.1 Å². The van der Waals surface area contributed by atoms with Crippen molar-refractivity contribution in [2.75, 3.05) is 19.0 Å². The summed E-state index contributed by atoms with van der Waals surface area (Å²) >= 11 is 0. The van der Waals surface area contributed by atoms with E-state index in [-0.39, 0.29) is 12.1 Å². The number of aryl methyl sites for hydroxylation is 2. The molecule has 1 aromatic carbocycles. The van der Waals surface area contributed by atoms with Gasteiger partial charge in [0.1, 0.15) is 11.5 Å². The van der Waals surface area contributed by atoms with Crippen molar-refractivity contribution in [2.24, 2.45) is 0 Å². The van der Waals surface area contributed by atoms with Crippen molar-refractivity contribution in [1.29, 1.82) is 0 Å². The van der Waals surface area contributed by atoms with Crippen LogP contribution in [-0.2, 0) is 0 Å². The lowest BCUT2D eigenvalue weighted by Gasteiger charge is -2.25. The second-order valence-electron chi connectivity index (χ2n) is 5.72. The van der Waals surface area contributed by atoms with Gasteiger partial charge in [-0.15, -0.1) is 0 Å². The Balaban J connectivity index is 1.81. The molecule has 0 unspecified atom stereocenters. The van der Waals surface area contributed by atoms with Crippen LogP contribution in [0.5, 0.6) is 5.75 Å². The first kappa shape index (κ1) is 15.4. The fraction of sp³-hybridized carbons (Fsp3) is 0.412. The predicted octanol–water partition coefficient (Wildman–Crippen LogP) is 3.67. The SMILES string of the molecule is COc1ccccc1NC(=O)N1CCC[C@H]1c1c(C)noc1C. The van der Waals surface area contributed by atoms with E-state index in [1.54, 1.807) is 7.11 Å². The molecule has 1 aliphatic rings. The lowest BCUT2D eigenvalue weighted by Crippen LogP contribution is -2.34. The molecule has 0 spiro atoms. The van der Waals surface area contributed by atoms with Gasteiger partial charge in [0, 0.05) is 12.1 Å². The number of methoxy groups -OCH3 is 1. The van der Waals surface area contributed by atoms with Crippen LogP contribution in [0.2, 0.25) is 0 Å². The highest BCUT2D eigenvalue weighted by Crippen LogP contribution is 2.36. The molecule has 3 rings (SSSR count). The molecule has 6 heteroatoms. The molecule has 1 aliphatic heterocycles. The number of anilines is 1. The molecule has 122 valence electrons. The van der Waals surface area contributed by atoms with Gasteiger partial charge in [0.25, 0.3) is 0 Å². The zero-order valence-corrected chi connectivity index (χ0v) is 13.6. The number of carbonyl (C=O) groups excluding carboxylic acids is 1. The van der Waals surface area contributed by atoms with Crippen LogP contribution in [0.25, 0.3) is 0 Å². The number of hydrogen-bond donors (Lipinski definition) is 1. The van der Waals surface area contributed by atoms with Crippen LogP contribution in [0.3, 0.4) is 0 Å². The van der Waals surface area contributed by atoms with Gasteiger partial charge in [0.15, 0.2) is 0 Å². The molecule has 0 aliphatic carbocycles. The van der Waals surface area contributed by atoms with E-state index in [2.05, 4.69) is 10.5 Å². The number of urea groups is 1. The van der Waals surface area contributed by atoms with Crippen molar-refractivity contribution >= 4 is 11.7 Å². The van der Waals surface area contributed by atoms with Crippen LogP contribution in [0.15, 0.2) is 28.8 Å². The number of likely N-dealkylation sites (tertiary alicyclic amines) is 1. The van der Waals surface area contributed by atoms with Gasteiger partial charge in [-0.3, -0.25) is 0 Å². The van der Waals surface area contributed by atoms with Gasteiger partial charge in [0.05, 0.1) is 24.5 Å². The van der Waals surface area contributed by atoms with E-state index in [1.807, 2.05) is 43.0 Å². The fourth-order valence-electron chi connectivity index (χ4n) is 3.21. The average Bonchev–Trinajstić information content (AvgIpc) is 3.14. The molecule has 0 bridgehead atoms. The minimum atomic E-state index is -0.128. The summed E-state index contributed by atoms with van der Waals surface area (Å²) in [5, 5.41) is 6.96. The first-order valence-corrected chi connectivity index (χ1v) is 7.75. The number of amides is 2. The molecule has 2 aromatic rings. The van der Waals surface area contributed by atoms with E-state index in [0.29, 0.717) is 11.4 Å². The predicted molar refractivity (Wildman–Crippen MR) is 86.7 cm³/mol. The van der Waals surface area contributed by atoms with E-state index in [0.717, 1.165) is 36.4 Å². The Bertz CT molecular complexity index is 691. The van der Waals surface area contributed by atoms with Crippen LogP contribution in [0.4, 0.5) is 10.5 Å². The Morgan fingerprint density at radius 3 is 2.87 bits per heavy atom. The van der Waals surface area contributed by atoms with Gasteiger partial charge in [-0.2, -0.15) is 0 Å². The highest BCUT2D eigenvalue weighted by molar-refractivity contribution is 5.91. The quantitative estimate of drug-likeness (QED) is 0.938. The number of para-hydroxylation sites is 2. The van der Waals surface area contributed by atoms with Gasteiger partial charge < -0.3 is 19.5 Å². The second-order valence-corrected chi connectivity index (χ2v) is 5.72. The molecule has 0 saturated carbocycles. The highest BCUT2D eigenvalue weighted by Gasteiger charge is 2.34. The molecule has 1 fully saturated rings. The van der Waals surface area contributed by atoms with E-state index in [4.69, 9.17) is 9.26 Å². The van der Waals surface area contributed by atoms with Crippen LogP contribution in [0.1, 0.15) is 35.9 Å². The summed E-state index contributed by atoms with van der Waals surface area (Å²) in [7, 11) is 1.59. The van der Waals surface area contributed by atoms with Gasteiger partial charge in [-0.05, 0) is 38.8 Å². The third-order valence-corrected chi connectivity index (χ3v) is 4.28. The largest absolute Gasteiger partial charge is 0.495 e. The molecule has 23 heavy (non-hydrogen) atoms. The van der Waals surface area contributed by atoms with E-state index >= 15 is 0 Å². The first-order valence-electron chi connectivity index (χ1n) is 7.75. The van der Waals surface area contributed by atoms with Gasteiger partial charge in [-0.1, -0.05) is 17.3 Å². The van der Waals surface area contributed by atoms with Crippen molar-refractivity contribution in [2.45, 2.75) is 32.7 Å². The monoisotopic (exact) mass is 315 g/mol. The number of ether oxygens (including phenoxy) is 1. The summed E-state index contributed by atoms with van der Waals surface area (Å²) in [5.41, 5.74) is 2.55. The van der Waals surface area contributed by atoms with E-state index in [1.165, 1.54) is 0 Å². The van der Waals surface area contributed by atoms with Gasteiger partial charge >= 0.3 is 6.03 Å². The number of benzene rings is 1. The normalized spacial score (nSPS) is 17.3. The third-order valence-electron chi connectivity index (χ3n) is 4.28. The summed E-state index contributed by atoms with van der Waals surface area (Å²) in [5.74, 6) is 1.43. The number of rotatable bonds is 3.